The summed E-state index contributed by atoms with van der Waals surface area (Å²) < 4.78 is 53.9. The summed E-state index contributed by atoms with van der Waals surface area (Å²) in [5, 5.41) is 5.79. The molecule has 0 aliphatic rings. The molecule has 0 spiro atoms. The zero-order chi connectivity index (χ0) is 35.9. The van der Waals surface area contributed by atoms with Gasteiger partial charge in [0, 0.05) is 38.7 Å². The first-order chi connectivity index (χ1) is 23.2. The standard InChI is InChI=1S/C34H43F3N6O6/c1-24(44)43(20-11-6-5-10-14-28(45)47-22-25-12-8-7-9-13-25)21-19-38-30-40-31(42-32(41-30)48-23-34(35,36)37)39-27-17-15-26(16-18-27)29(46)49-33(2,3)4/h7-9,12-13,15-18H,5-6,10-11,14,19-23H2,1-4H3,(H2,38,39,40,41,42). The van der Waals surface area contributed by atoms with Crippen LogP contribution < -0.4 is 15.4 Å². The van der Waals surface area contributed by atoms with Gasteiger partial charge in [-0.05, 0) is 63.4 Å². The molecule has 0 fully saturated rings. The molecular formula is C34H43F3N6O6. The zero-order valence-corrected chi connectivity index (χ0v) is 28.1. The highest BCUT2D eigenvalue weighted by molar-refractivity contribution is 5.90. The summed E-state index contributed by atoms with van der Waals surface area (Å²) in [5.74, 6) is -1.08. The predicted molar refractivity (Wildman–Crippen MR) is 176 cm³/mol. The van der Waals surface area contributed by atoms with E-state index in [0.717, 1.165) is 24.8 Å². The smallest absolute Gasteiger partial charge is 0.422 e. The van der Waals surface area contributed by atoms with E-state index in [1.165, 1.54) is 19.1 Å². The lowest BCUT2D eigenvalue weighted by Crippen LogP contribution is -2.34. The maximum atomic E-state index is 12.8. The molecule has 0 bridgehead atoms. The van der Waals surface area contributed by atoms with Crippen molar-refractivity contribution in [3.05, 3.63) is 65.7 Å². The van der Waals surface area contributed by atoms with Gasteiger partial charge < -0.3 is 29.7 Å². The molecule has 2 aromatic carbocycles. The lowest BCUT2D eigenvalue weighted by molar-refractivity contribution is -0.154. The van der Waals surface area contributed by atoms with Crippen LogP contribution in [0.25, 0.3) is 0 Å². The van der Waals surface area contributed by atoms with Crippen LogP contribution in [0.2, 0.25) is 0 Å². The summed E-state index contributed by atoms with van der Waals surface area (Å²) in [4.78, 5) is 50.3. The van der Waals surface area contributed by atoms with Crippen LogP contribution in [0.15, 0.2) is 54.6 Å². The summed E-state index contributed by atoms with van der Waals surface area (Å²) in [5.41, 5.74) is 1.01. The molecule has 0 unspecified atom stereocenters. The van der Waals surface area contributed by atoms with Gasteiger partial charge in [0.25, 0.3) is 0 Å². The average molecular weight is 689 g/mol. The molecule has 1 amide bonds. The number of aromatic nitrogens is 3. The van der Waals surface area contributed by atoms with Crippen molar-refractivity contribution in [1.29, 1.82) is 0 Å². The van der Waals surface area contributed by atoms with Crippen molar-refractivity contribution < 1.29 is 41.8 Å². The molecule has 0 radical (unpaired) electrons. The Bertz CT molecular complexity index is 1500. The number of anilines is 3. The Morgan fingerprint density at radius 2 is 1.51 bits per heavy atom. The second-order valence-electron chi connectivity index (χ2n) is 12.1. The number of nitrogens with one attached hydrogen (secondary N) is 2. The number of hydrogen-bond donors (Lipinski definition) is 2. The highest BCUT2D eigenvalue weighted by Crippen LogP contribution is 2.21. The van der Waals surface area contributed by atoms with Gasteiger partial charge in [-0.1, -0.05) is 43.2 Å². The number of halogens is 3. The Balaban J connectivity index is 1.50. The van der Waals surface area contributed by atoms with Gasteiger partial charge in [-0.2, -0.15) is 28.1 Å². The maximum absolute atomic E-state index is 12.8. The van der Waals surface area contributed by atoms with E-state index in [1.807, 2.05) is 30.3 Å². The molecule has 49 heavy (non-hydrogen) atoms. The minimum absolute atomic E-state index is 0.0669. The first-order valence-electron chi connectivity index (χ1n) is 15.9. The molecule has 3 rings (SSSR count). The van der Waals surface area contributed by atoms with Crippen LogP contribution in [0.1, 0.15) is 75.7 Å². The van der Waals surface area contributed by atoms with Crippen LogP contribution in [0.5, 0.6) is 6.01 Å². The summed E-state index contributed by atoms with van der Waals surface area (Å²) in [6, 6.07) is 15.1. The van der Waals surface area contributed by atoms with Gasteiger partial charge in [-0.3, -0.25) is 9.59 Å². The lowest BCUT2D eigenvalue weighted by atomic mass is 10.1. The third kappa shape index (κ3) is 15.7. The van der Waals surface area contributed by atoms with Gasteiger partial charge in [0.15, 0.2) is 6.61 Å². The Labute approximate surface area is 283 Å². The van der Waals surface area contributed by atoms with E-state index in [-0.39, 0.29) is 43.5 Å². The van der Waals surface area contributed by atoms with Crippen molar-refractivity contribution in [1.82, 2.24) is 19.9 Å². The summed E-state index contributed by atoms with van der Waals surface area (Å²) >= 11 is 0. The quantitative estimate of drug-likeness (QED) is 0.112. The molecule has 0 atom stereocenters. The second-order valence-corrected chi connectivity index (χ2v) is 12.1. The van der Waals surface area contributed by atoms with Gasteiger partial charge in [0.05, 0.1) is 5.56 Å². The normalized spacial score (nSPS) is 11.4. The molecule has 1 heterocycles. The van der Waals surface area contributed by atoms with Gasteiger partial charge in [-0.25, -0.2) is 4.79 Å². The number of esters is 2. The highest BCUT2D eigenvalue weighted by atomic mass is 19.4. The summed E-state index contributed by atoms with van der Waals surface area (Å²) in [6.45, 7) is 6.31. The molecule has 0 aliphatic heterocycles. The van der Waals surface area contributed by atoms with E-state index in [9.17, 15) is 27.6 Å². The first-order valence-corrected chi connectivity index (χ1v) is 15.9. The number of benzene rings is 2. The van der Waals surface area contributed by atoms with E-state index in [2.05, 4.69) is 25.6 Å². The Hall–Kier alpha value is -4.95. The Kier molecular flexibility index (Phi) is 14.6. The number of unbranched alkanes of at least 4 members (excludes halogenated alkanes) is 3. The fraction of sp³-hybridized carbons (Fsp3) is 0.471. The van der Waals surface area contributed by atoms with E-state index >= 15 is 0 Å². The lowest BCUT2D eigenvalue weighted by Gasteiger charge is -2.21. The van der Waals surface area contributed by atoms with Gasteiger partial charge in [-0.15, -0.1) is 0 Å². The van der Waals surface area contributed by atoms with E-state index in [0.29, 0.717) is 30.6 Å². The largest absolute Gasteiger partial charge is 0.461 e. The molecule has 0 aliphatic carbocycles. The number of nitrogens with zero attached hydrogens (tertiary/aromatic N) is 4. The first kappa shape index (κ1) is 38.5. The molecule has 1 aromatic heterocycles. The average Bonchev–Trinajstić information content (AvgIpc) is 3.03. The van der Waals surface area contributed by atoms with Crippen LogP contribution in [-0.2, 0) is 25.7 Å². The topological polar surface area (TPSA) is 145 Å². The zero-order valence-electron chi connectivity index (χ0n) is 28.1. The fourth-order valence-corrected chi connectivity index (χ4v) is 4.32. The number of alkyl halides is 3. The van der Waals surface area contributed by atoms with Crippen molar-refractivity contribution in [2.24, 2.45) is 0 Å². The van der Waals surface area contributed by atoms with E-state index in [1.54, 1.807) is 37.8 Å². The van der Waals surface area contributed by atoms with Crippen molar-refractivity contribution in [2.75, 3.05) is 36.9 Å². The van der Waals surface area contributed by atoms with Crippen molar-refractivity contribution >= 4 is 35.4 Å². The van der Waals surface area contributed by atoms with Crippen molar-refractivity contribution in [3.8, 4) is 6.01 Å². The third-order valence-electron chi connectivity index (χ3n) is 6.67. The molecule has 0 saturated heterocycles. The number of amides is 1. The van der Waals surface area contributed by atoms with Gasteiger partial charge in [0.1, 0.15) is 12.2 Å². The van der Waals surface area contributed by atoms with E-state index in [4.69, 9.17) is 14.2 Å². The molecule has 12 nitrogen and oxygen atoms in total. The number of rotatable bonds is 18. The molecule has 266 valence electrons. The van der Waals surface area contributed by atoms with Crippen LogP contribution in [0, 0.1) is 0 Å². The molecule has 15 heteroatoms. The number of ether oxygens (including phenoxy) is 3. The summed E-state index contributed by atoms with van der Waals surface area (Å²) in [6.07, 6.45) is -1.28. The fourth-order valence-electron chi connectivity index (χ4n) is 4.32. The minimum atomic E-state index is -4.61. The Morgan fingerprint density at radius 3 is 2.16 bits per heavy atom. The molecule has 2 N–H and O–H groups in total. The van der Waals surface area contributed by atoms with Crippen molar-refractivity contribution in [3.63, 3.8) is 0 Å². The molecule has 0 saturated carbocycles. The summed E-state index contributed by atoms with van der Waals surface area (Å²) in [7, 11) is 0. The molecule has 3 aromatic rings. The van der Waals surface area contributed by atoms with Crippen LogP contribution in [0.4, 0.5) is 30.8 Å². The van der Waals surface area contributed by atoms with Gasteiger partial charge >= 0.3 is 24.1 Å². The van der Waals surface area contributed by atoms with Crippen molar-refractivity contribution in [2.45, 2.75) is 78.2 Å². The number of carbonyl (C=O) groups is 3. The monoisotopic (exact) mass is 688 g/mol. The van der Waals surface area contributed by atoms with Crippen LogP contribution in [0.3, 0.4) is 0 Å². The van der Waals surface area contributed by atoms with Gasteiger partial charge in [0.2, 0.25) is 17.8 Å². The number of hydrogen-bond acceptors (Lipinski definition) is 11. The highest BCUT2D eigenvalue weighted by Gasteiger charge is 2.29. The predicted octanol–water partition coefficient (Wildman–Crippen LogP) is 6.47. The Morgan fingerprint density at radius 1 is 0.837 bits per heavy atom. The SMILES string of the molecule is CC(=O)N(CCCCCCC(=O)OCc1ccccc1)CCNc1nc(Nc2ccc(C(=O)OC(C)(C)C)cc2)nc(OCC(F)(F)F)n1. The van der Waals surface area contributed by atoms with Crippen LogP contribution >= 0.6 is 0 Å². The maximum Gasteiger partial charge on any atom is 0.422 e. The second kappa shape index (κ2) is 18.6. The third-order valence-corrected chi connectivity index (χ3v) is 6.67. The number of carbonyl (C=O) groups excluding carboxylic acids is 3. The molecular weight excluding hydrogens is 645 g/mol. The van der Waals surface area contributed by atoms with E-state index < -0.39 is 30.4 Å². The van der Waals surface area contributed by atoms with Crippen LogP contribution in [-0.4, -0.2) is 75.7 Å². The minimum Gasteiger partial charge on any atom is -0.461 e.